The van der Waals surface area contributed by atoms with Gasteiger partial charge in [0.25, 0.3) is 0 Å². The Labute approximate surface area is 183 Å². The highest BCUT2D eigenvalue weighted by Crippen LogP contribution is 2.24. The third-order valence-corrected chi connectivity index (χ3v) is 4.94. The lowest BCUT2D eigenvalue weighted by Crippen LogP contribution is -2.31. The van der Waals surface area contributed by atoms with Gasteiger partial charge in [0, 0.05) is 23.8 Å². The predicted molar refractivity (Wildman–Crippen MR) is 110 cm³/mol. The molecule has 32 heavy (non-hydrogen) atoms. The molecule has 10 heteroatoms. The van der Waals surface area contributed by atoms with Crippen molar-refractivity contribution >= 4 is 11.9 Å². The summed E-state index contributed by atoms with van der Waals surface area (Å²) in [6.45, 7) is 3.91. The van der Waals surface area contributed by atoms with Gasteiger partial charge in [-0.3, -0.25) is 9.88 Å². The van der Waals surface area contributed by atoms with Gasteiger partial charge in [-0.1, -0.05) is 18.2 Å². The number of carbonyl (C=O) groups is 2. The molecule has 2 heterocycles. The van der Waals surface area contributed by atoms with Crippen LogP contribution in [0.3, 0.4) is 0 Å². The number of esters is 1. The molecule has 1 aliphatic rings. The largest absolute Gasteiger partial charge is 0.490 e. The lowest BCUT2D eigenvalue weighted by molar-refractivity contribution is -0.192. The van der Waals surface area contributed by atoms with Gasteiger partial charge in [-0.2, -0.15) is 13.2 Å². The summed E-state index contributed by atoms with van der Waals surface area (Å²) in [5.74, 6) is -3.11. The molecule has 1 atom stereocenters. The maximum absolute atomic E-state index is 11.8. The summed E-state index contributed by atoms with van der Waals surface area (Å²) in [7, 11) is 1.38. The highest BCUT2D eigenvalue weighted by Gasteiger charge is 2.38. The maximum Gasteiger partial charge on any atom is 0.490 e. The number of carboxylic acids is 1. The number of nitrogens with zero attached hydrogens (tertiary/aromatic N) is 2. The van der Waals surface area contributed by atoms with Gasteiger partial charge < -0.3 is 14.9 Å². The predicted octanol–water partition coefficient (Wildman–Crippen LogP) is 3.43. The second-order valence-corrected chi connectivity index (χ2v) is 7.33. The van der Waals surface area contributed by atoms with Gasteiger partial charge in [-0.25, -0.2) is 9.59 Å². The summed E-state index contributed by atoms with van der Waals surface area (Å²) in [6.07, 6.45) is -2.90. The Morgan fingerprint density at radius 2 is 1.94 bits per heavy atom. The zero-order valence-electron chi connectivity index (χ0n) is 17.7. The average Bonchev–Trinajstić information content (AvgIpc) is 3.19. The lowest BCUT2D eigenvalue weighted by atomic mass is 10.0. The van der Waals surface area contributed by atoms with Crippen molar-refractivity contribution in [2.24, 2.45) is 0 Å². The van der Waals surface area contributed by atoms with Crippen molar-refractivity contribution in [2.75, 3.05) is 20.3 Å². The number of carbonyl (C=O) groups excluding carboxylic acids is 1. The summed E-state index contributed by atoms with van der Waals surface area (Å²) in [6, 6.07) is 12.0. The molecule has 3 rings (SSSR count). The molecular weight excluding hydrogens is 429 g/mol. The van der Waals surface area contributed by atoms with E-state index in [1.165, 1.54) is 12.7 Å². The van der Waals surface area contributed by atoms with Crippen LogP contribution in [0, 0.1) is 6.92 Å². The standard InChI is InChI=1S/C20H24N2O3.C2HF3O2/c1-14-9-17(20(24)25-2)11-19(21-14)16-6-3-5-15(10-16)12-22-8-4-7-18(22)13-23;3-2(4,5)1(6)7/h3,5-6,9-11,18,23H,4,7-8,12-13H2,1-2H3;(H,6,7)/t18-;/m0./s1. The minimum atomic E-state index is -5.08. The number of aliphatic hydroxyl groups is 1. The van der Waals surface area contributed by atoms with Crippen LogP contribution >= 0.6 is 0 Å². The topological polar surface area (TPSA) is 100.0 Å². The number of methoxy groups -OCH3 is 1. The van der Waals surface area contributed by atoms with Crippen molar-refractivity contribution in [3.05, 3.63) is 53.2 Å². The number of aryl methyl sites for hydroxylation is 1. The van der Waals surface area contributed by atoms with E-state index in [0.717, 1.165) is 42.9 Å². The molecule has 0 aliphatic carbocycles. The smallest absolute Gasteiger partial charge is 0.475 e. The fourth-order valence-electron chi connectivity index (χ4n) is 3.43. The van der Waals surface area contributed by atoms with E-state index in [9.17, 15) is 23.1 Å². The fourth-order valence-corrected chi connectivity index (χ4v) is 3.43. The average molecular weight is 454 g/mol. The van der Waals surface area contributed by atoms with E-state index in [0.29, 0.717) is 5.56 Å². The first-order chi connectivity index (χ1) is 15.0. The van der Waals surface area contributed by atoms with Crippen molar-refractivity contribution in [1.29, 1.82) is 0 Å². The lowest BCUT2D eigenvalue weighted by Gasteiger charge is -2.22. The van der Waals surface area contributed by atoms with Crippen LogP contribution < -0.4 is 0 Å². The first kappa shape index (κ1) is 25.3. The van der Waals surface area contributed by atoms with Crippen LogP contribution in [0.25, 0.3) is 11.3 Å². The van der Waals surface area contributed by atoms with E-state index in [-0.39, 0.29) is 18.6 Å². The van der Waals surface area contributed by atoms with E-state index in [1.807, 2.05) is 19.1 Å². The Hall–Kier alpha value is -2.98. The highest BCUT2D eigenvalue weighted by atomic mass is 19.4. The number of rotatable bonds is 5. The number of aromatic nitrogens is 1. The van der Waals surface area contributed by atoms with Crippen LogP contribution in [0.5, 0.6) is 0 Å². The number of benzene rings is 1. The van der Waals surface area contributed by atoms with E-state index < -0.39 is 12.1 Å². The molecule has 0 saturated carbocycles. The molecule has 0 amide bonds. The fraction of sp³-hybridized carbons (Fsp3) is 0.409. The molecule has 1 fully saturated rings. The highest BCUT2D eigenvalue weighted by molar-refractivity contribution is 5.90. The summed E-state index contributed by atoms with van der Waals surface area (Å²) < 4.78 is 36.6. The molecule has 0 spiro atoms. The molecule has 0 radical (unpaired) electrons. The number of ether oxygens (including phenoxy) is 1. The van der Waals surface area contributed by atoms with Crippen molar-refractivity contribution in [3.8, 4) is 11.3 Å². The first-order valence-corrected chi connectivity index (χ1v) is 9.86. The Morgan fingerprint density at radius 1 is 1.25 bits per heavy atom. The van der Waals surface area contributed by atoms with E-state index in [1.54, 1.807) is 12.1 Å². The molecule has 0 unspecified atom stereocenters. The SMILES string of the molecule is COC(=O)c1cc(C)nc(-c2cccc(CN3CCC[C@H]3CO)c2)c1.O=C(O)C(F)(F)F. The molecular formula is C22H25F3N2O5. The number of carboxylic acid groups (broad SMARTS) is 1. The Kier molecular flexibility index (Phi) is 8.73. The van der Waals surface area contributed by atoms with Crippen LogP contribution in [0.15, 0.2) is 36.4 Å². The van der Waals surface area contributed by atoms with Crippen molar-refractivity contribution in [3.63, 3.8) is 0 Å². The zero-order chi connectivity index (χ0) is 23.9. The molecule has 2 aromatic rings. The number of hydrogen-bond donors (Lipinski definition) is 2. The summed E-state index contributed by atoms with van der Waals surface area (Å²) in [5, 5.41) is 16.6. The van der Waals surface area contributed by atoms with Gasteiger partial charge in [0.2, 0.25) is 0 Å². The molecule has 0 bridgehead atoms. The second-order valence-electron chi connectivity index (χ2n) is 7.33. The number of aliphatic hydroxyl groups excluding tert-OH is 1. The first-order valence-electron chi connectivity index (χ1n) is 9.86. The Bertz CT molecular complexity index is 949. The Morgan fingerprint density at radius 3 is 2.53 bits per heavy atom. The van der Waals surface area contributed by atoms with Crippen molar-refractivity contribution in [1.82, 2.24) is 9.88 Å². The molecule has 7 nitrogen and oxygen atoms in total. The van der Waals surface area contributed by atoms with Crippen LogP contribution in [0.1, 0.15) is 34.5 Å². The molecule has 2 N–H and O–H groups in total. The van der Waals surface area contributed by atoms with Crippen LogP contribution in [-0.4, -0.2) is 64.5 Å². The molecule has 1 aliphatic heterocycles. The molecule has 1 saturated heterocycles. The van der Waals surface area contributed by atoms with Crippen LogP contribution in [0.4, 0.5) is 13.2 Å². The number of hydrogen-bond acceptors (Lipinski definition) is 6. The second kappa shape index (κ2) is 11.1. The summed E-state index contributed by atoms with van der Waals surface area (Å²) >= 11 is 0. The van der Waals surface area contributed by atoms with E-state index in [4.69, 9.17) is 14.6 Å². The van der Waals surface area contributed by atoms with Crippen LogP contribution in [-0.2, 0) is 16.1 Å². The third kappa shape index (κ3) is 7.03. The molecule has 1 aromatic heterocycles. The maximum atomic E-state index is 11.8. The number of pyridine rings is 1. The van der Waals surface area contributed by atoms with E-state index in [2.05, 4.69) is 22.0 Å². The summed E-state index contributed by atoms with van der Waals surface area (Å²) in [5.41, 5.74) is 4.22. The summed E-state index contributed by atoms with van der Waals surface area (Å²) in [4.78, 5) is 27.6. The van der Waals surface area contributed by atoms with Gasteiger partial charge in [0.15, 0.2) is 0 Å². The third-order valence-electron chi connectivity index (χ3n) is 4.94. The minimum Gasteiger partial charge on any atom is -0.475 e. The van der Waals surface area contributed by atoms with Crippen molar-refractivity contribution < 1.29 is 37.7 Å². The molecule has 174 valence electrons. The van der Waals surface area contributed by atoms with Gasteiger partial charge >= 0.3 is 18.1 Å². The zero-order valence-corrected chi connectivity index (χ0v) is 17.7. The van der Waals surface area contributed by atoms with Gasteiger partial charge in [0.05, 0.1) is 25.0 Å². The number of alkyl halides is 3. The number of likely N-dealkylation sites (tertiary alicyclic amines) is 1. The van der Waals surface area contributed by atoms with Gasteiger partial charge in [0.1, 0.15) is 0 Å². The number of aliphatic carboxylic acids is 1. The van der Waals surface area contributed by atoms with Gasteiger partial charge in [-0.05, 0) is 50.1 Å². The normalized spacial score (nSPS) is 16.2. The number of halogens is 3. The molecule has 1 aromatic carbocycles. The monoisotopic (exact) mass is 454 g/mol. The quantitative estimate of drug-likeness (QED) is 0.668. The Balaban J connectivity index is 0.000000451. The van der Waals surface area contributed by atoms with Crippen LogP contribution in [0.2, 0.25) is 0 Å². The van der Waals surface area contributed by atoms with Crippen molar-refractivity contribution in [2.45, 2.75) is 38.5 Å². The van der Waals surface area contributed by atoms with E-state index >= 15 is 0 Å². The minimum absolute atomic E-state index is 0.210. The van der Waals surface area contributed by atoms with Gasteiger partial charge in [-0.15, -0.1) is 0 Å².